The van der Waals surface area contributed by atoms with Gasteiger partial charge in [0.2, 0.25) is 0 Å². The van der Waals surface area contributed by atoms with Gasteiger partial charge in [-0.25, -0.2) is 14.6 Å². The lowest BCUT2D eigenvalue weighted by Crippen LogP contribution is -2.40. The molecule has 0 radical (unpaired) electrons. The maximum atomic E-state index is 11.9. The van der Waals surface area contributed by atoms with Gasteiger partial charge in [-0.05, 0) is 58.5 Å². The van der Waals surface area contributed by atoms with Crippen LogP contribution in [0.25, 0.3) is 0 Å². The summed E-state index contributed by atoms with van der Waals surface area (Å²) in [4.78, 5) is 30.5. The maximum Gasteiger partial charge on any atom is 0.413 e. The topological polar surface area (TPSA) is 107 Å². The number of carboxylic acid groups (broad SMARTS) is 1. The monoisotopic (exact) mass is 409 g/mol. The van der Waals surface area contributed by atoms with E-state index in [9.17, 15) is 9.59 Å². The van der Waals surface area contributed by atoms with Gasteiger partial charge in [0, 0.05) is 19.6 Å². The summed E-state index contributed by atoms with van der Waals surface area (Å²) < 4.78 is 5.29. The highest BCUT2D eigenvalue weighted by Crippen LogP contribution is 2.21. The van der Waals surface area contributed by atoms with Gasteiger partial charge in [-0.2, -0.15) is 0 Å². The van der Waals surface area contributed by atoms with Crippen LogP contribution in [-0.4, -0.2) is 63.6 Å². The molecule has 1 atom stereocenters. The fraction of sp³-hybridized carbons (Fsp3) is 0.556. The molecule has 1 fully saturated rings. The van der Waals surface area contributed by atoms with Crippen molar-refractivity contribution in [2.75, 3.05) is 29.9 Å². The smallest absolute Gasteiger partial charge is 0.413 e. The van der Waals surface area contributed by atoms with E-state index in [1.54, 1.807) is 19.2 Å². The molecular weight excluding hydrogens is 382 g/mol. The quantitative estimate of drug-likeness (QED) is 0.652. The molecule has 0 spiro atoms. The third-order valence-corrected chi connectivity index (χ3v) is 4.37. The zero-order valence-corrected chi connectivity index (χ0v) is 17.4. The van der Waals surface area contributed by atoms with E-state index in [0.717, 1.165) is 23.6 Å². The molecule has 154 valence electrons. The van der Waals surface area contributed by atoms with Crippen molar-refractivity contribution in [2.45, 2.75) is 45.8 Å². The number of pyridine rings is 1. The van der Waals surface area contributed by atoms with E-state index in [1.807, 2.05) is 26.8 Å². The predicted molar refractivity (Wildman–Crippen MR) is 111 cm³/mol. The van der Waals surface area contributed by atoms with E-state index in [2.05, 4.69) is 20.5 Å². The largest absolute Gasteiger partial charge is 0.465 e. The van der Waals surface area contributed by atoms with E-state index in [0.29, 0.717) is 12.4 Å². The van der Waals surface area contributed by atoms with E-state index >= 15 is 0 Å². The van der Waals surface area contributed by atoms with Crippen molar-refractivity contribution in [1.82, 2.24) is 15.2 Å². The molecule has 1 unspecified atom stereocenters. The van der Waals surface area contributed by atoms with Crippen LogP contribution in [-0.2, 0) is 4.74 Å². The molecule has 1 aliphatic rings. The fourth-order valence-electron chi connectivity index (χ4n) is 2.78. The number of aromatic nitrogens is 1. The number of carbonyl (C=O) groups excluding carboxylic acids is 1. The lowest BCUT2D eigenvalue weighted by Gasteiger charge is -2.22. The van der Waals surface area contributed by atoms with Gasteiger partial charge in [0.25, 0.3) is 0 Å². The van der Waals surface area contributed by atoms with Crippen LogP contribution in [0.15, 0.2) is 18.3 Å². The lowest BCUT2D eigenvalue weighted by molar-refractivity contribution is 0.0509. The number of alkyl carbamates (subject to hydrolysis) is 1. The Morgan fingerprint density at radius 2 is 2.14 bits per heavy atom. The molecule has 2 amide bonds. The Morgan fingerprint density at radius 1 is 1.43 bits per heavy atom. The molecule has 0 saturated carbocycles. The average Bonchev–Trinajstić information content (AvgIpc) is 3.02. The predicted octanol–water partition coefficient (Wildman–Crippen LogP) is 2.88. The van der Waals surface area contributed by atoms with Gasteiger partial charge in [0.1, 0.15) is 11.4 Å². The highest BCUT2D eigenvalue weighted by atomic mass is 32.1. The number of ether oxygens (including phenoxy) is 1. The average molecular weight is 410 g/mol. The summed E-state index contributed by atoms with van der Waals surface area (Å²) in [5.74, 6) is 0.469. The van der Waals surface area contributed by atoms with Crippen molar-refractivity contribution >= 4 is 41.0 Å². The van der Waals surface area contributed by atoms with Crippen LogP contribution in [0.2, 0.25) is 0 Å². The number of anilines is 2. The summed E-state index contributed by atoms with van der Waals surface area (Å²) in [7, 11) is 0. The molecule has 28 heavy (non-hydrogen) atoms. The summed E-state index contributed by atoms with van der Waals surface area (Å²) >= 11 is 5.10. The van der Waals surface area contributed by atoms with Gasteiger partial charge in [0.15, 0.2) is 5.11 Å². The van der Waals surface area contributed by atoms with Gasteiger partial charge in [0.05, 0.1) is 17.9 Å². The Labute approximate surface area is 170 Å². The van der Waals surface area contributed by atoms with Crippen LogP contribution in [0.4, 0.5) is 21.1 Å². The highest BCUT2D eigenvalue weighted by Gasteiger charge is 2.26. The summed E-state index contributed by atoms with van der Waals surface area (Å²) in [6.45, 7) is 8.89. The SMILES string of the molecule is CCN(C(=O)O)C(=S)Nc1ccc(N2CCC(NC(=O)OC(C)(C)C)C2)cn1. The minimum Gasteiger partial charge on any atom is -0.465 e. The van der Waals surface area contributed by atoms with Crippen molar-refractivity contribution < 1.29 is 19.4 Å². The van der Waals surface area contributed by atoms with Crippen molar-refractivity contribution in [3.63, 3.8) is 0 Å². The number of amides is 2. The van der Waals surface area contributed by atoms with Gasteiger partial charge < -0.3 is 25.4 Å². The molecule has 9 nitrogen and oxygen atoms in total. The van der Waals surface area contributed by atoms with Crippen LogP contribution in [0.1, 0.15) is 34.1 Å². The second kappa shape index (κ2) is 9.05. The molecule has 2 heterocycles. The number of rotatable bonds is 4. The summed E-state index contributed by atoms with van der Waals surface area (Å²) in [6, 6.07) is 3.63. The first-order valence-corrected chi connectivity index (χ1v) is 9.52. The molecule has 1 aromatic rings. The maximum absolute atomic E-state index is 11.9. The molecule has 1 aromatic heterocycles. The Balaban J connectivity index is 1.89. The number of thiocarbonyl (C=S) groups is 1. The standard InChI is InChI=1S/C18H27N5O4S/c1-5-23(17(25)26)15(28)21-14-7-6-13(10-19-14)22-9-8-12(11-22)20-16(24)27-18(2,3)4/h6-7,10,12H,5,8-9,11H2,1-4H3,(H,20,24)(H,25,26)(H,19,21,28). The first kappa shape index (κ1) is 21.7. The molecule has 0 aromatic carbocycles. The molecule has 2 rings (SSSR count). The summed E-state index contributed by atoms with van der Waals surface area (Å²) in [6.07, 6.45) is 0.979. The Morgan fingerprint density at radius 3 is 2.68 bits per heavy atom. The minimum absolute atomic E-state index is 0.00825. The second-order valence-electron chi connectivity index (χ2n) is 7.44. The van der Waals surface area contributed by atoms with Crippen LogP contribution in [0.3, 0.4) is 0 Å². The van der Waals surface area contributed by atoms with Crippen LogP contribution in [0.5, 0.6) is 0 Å². The number of hydrogen-bond acceptors (Lipinski definition) is 6. The normalized spacial score (nSPS) is 16.4. The van der Waals surface area contributed by atoms with E-state index in [4.69, 9.17) is 22.1 Å². The van der Waals surface area contributed by atoms with Crippen molar-refractivity contribution in [1.29, 1.82) is 0 Å². The number of carbonyl (C=O) groups is 2. The molecule has 1 saturated heterocycles. The molecule has 1 aliphatic heterocycles. The lowest BCUT2D eigenvalue weighted by atomic mass is 10.2. The number of nitrogens with zero attached hydrogens (tertiary/aromatic N) is 3. The van der Waals surface area contributed by atoms with E-state index < -0.39 is 17.8 Å². The molecule has 0 aliphatic carbocycles. The first-order valence-electron chi connectivity index (χ1n) is 9.11. The van der Waals surface area contributed by atoms with Crippen LogP contribution < -0.4 is 15.5 Å². The van der Waals surface area contributed by atoms with Gasteiger partial charge in [-0.3, -0.25) is 4.90 Å². The van der Waals surface area contributed by atoms with E-state index in [-0.39, 0.29) is 17.7 Å². The molecular formula is C18H27N5O4S. The zero-order chi connectivity index (χ0) is 20.9. The minimum atomic E-state index is -1.11. The first-order chi connectivity index (χ1) is 13.1. The van der Waals surface area contributed by atoms with Crippen molar-refractivity contribution in [2.24, 2.45) is 0 Å². The van der Waals surface area contributed by atoms with Gasteiger partial charge in [-0.1, -0.05) is 0 Å². The van der Waals surface area contributed by atoms with Crippen molar-refractivity contribution in [3.05, 3.63) is 18.3 Å². The fourth-order valence-corrected chi connectivity index (χ4v) is 3.09. The molecule has 0 bridgehead atoms. The molecule has 3 N–H and O–H groups in total. The zero-order valence-electron chi connectivity index (χ0n) is 16.6. The highest BCUT2D eigenvalue weighted by molar-refractivity contribution is 7.80. The number of nitrogens with one attached hydrogen (secondary N) is 2. The van der Waals surface area contributed by atoms with Gasteiger partial charge in [-0.15, -0.1) is 0 Å². The Kier molecular flexibility index (Phi) is 7.00. The Hall–Kier alpha value is -2.62. The van der Waals surface area contributed by atoms with Crippen molar-refractivity contribution in [3.8, 4) is 0 Å². The van der Waals surface area contributed by atoms with Crippen LogP contribution >= 0.6 is 12.2 Å². The van der Waals surface area contributed by atoms with Gasteiger partial charge >= 0.3 is 12.2 Å². The second-order valence-corrected chi connectivity index (χ2v) is 7.82. The third-order valence-electron chi connectivity index (χ3n) is 4.05. The molecule has 10 heteroatoms. The summed E-state index contributed by atoms with van der Waals surface area (Å²) in [5.41, 5.74) is 0.388. The number of hydrogen-bond donors (Lipinski definition) is 3. The third kappa shape index (κ3) is 6.22. The van der Waals surface area contributed by atoms with Crippen LogP contribution in [0, 0.1) is 0 Å². The Bertz CT molecular complexity index is 720. The van der Waals surface area contributed by atoms with E-state index in [1.165, 1.54) is 0 Å². The summed E-state index contributed by atoms with van der Waals surface area (Å²) in [5, 5.41) is 14.9.